The third-order valence-corrected chi connectivity index (χ3v) is 3.88. The van der Waals surface area contributed by atoms with E-state index >= 15 is 0 Å². The average Bonchev–Trinajstić information content (AvgIpc) is 2.98. The Bertz CT molecular complexity index is 572. The van der Waals surface area contributed by atoms with Crippen LogP contribution in [-0.2, 0) is 4.79 Å². The topological polar surface area (TPSA) is 71.2 Å². The monoisotopic (exact) mass is 262 g/mol. The van der Waals surface area contributed by atoms with Crippen molar-refractivity contribution >= 4 is 17.7 Å². The Hall–Kier alpha value is -2.02. The van der Waals surface area contributed by atoms with Crippen molar-refractivity contribution in [3.63, 3.8) is 0 Å². The number of phenolic OH excluding ortho intramolecular Hbond substituents is 1. The van der Waals surface area contributed by atoms with Gasteiger partial charge in [0.1, 0.15) is 23.8 Å². The predicted octanol–water partition coefficient (Wildman–Crippen LogP) is 0.894. The molecule has 1 aliphatic rings. The molecule has 1 amide bonds. The molecule has 1 N–H and O–H groups in total. The predicted molar refractivity (Wildman–Crippen MR) is 66.6 cm³/mol. The van der Waals surface area contributed by atoms with E-state index in [-0.39, 0.29) is 17.0 Å². The van der Waals surface area contributed by atoms with Gasteiger partial charge in [-0.3, -0.25) is 4.79 Å². The molecule has 6 nitrogen and oxygen atoms in total. The number of aromatic nitrogens is 3. The molecule has 1 aliphatic heterocycles. The minimum atomic E-state index is -0.255. The molecule has 1 saturated heterocycles. The van der Waals surface area contributed by atoms with Crippen molar-refractivity contribution in [2.75, 3.05) is 10.8 Å². The van der Waals surface area contributed by atoms with E-state index in [1.54, 1.807) is 21.8 Å². The molecule has 0 radical (unpaired) electrons. The van der Waals surface area contributed by atoms with Crippen LogP contribution < -0.4 is 5.01 Å². The second kappa shape index (κ2) is 4.34. The smallest absolute Gasteiger partial charge is 0.252 e. The van der Waals surface area contributed by atoms with Gasteiger partial charge in [0.25, 0.3) is 5.91 Å². The number of nitrogens with zero attached hydrogens (tertiary/aromatic N) is 4. The summed E-state index contributed by atoms with van der Waals surface area (Å²) >= 11 is 1.46. The Kier molecular flexibility index (Phi) is 2.67. The molecular weight excluding hydrogens is 252 g/mol. The minimum absolute atomic E-state index is 0.0342. The number of phenols is 1. The van der Waals surface area contributed by atoms with Gasteiger partial charge in [-0.25, -0.2) is 9.69 Å². The molecule has 92 valence electrons. The van der Waals surface area contributed by atoms with E-state index in [1.165, 1.54) is 24.4 Å². The summed E-state index contributed by atoms with van der Waals surface area (Å²) < 4.78 is 1.54. The minimum Gasteiger partial charge on any atom is -0.508 e. The number of amides is 1. The summed E-state index contributed by atoms with van der Waals surface area (Å²) in [5, 5.41) is 18.6. The van der Waals surface area contributed by atoms with Gasteiger partial charge in [-0.05, 0) is 6.07 Å². The van der Waals surface area contributed by atoms with Crippen LogP contribution in [0.2, 0.25) is 0 Å². The third-order valence-electron chi connectivity index (χ3n) is 2.70. The molecule has 7 heteroatoms. The van der Waals surface area contributed by atoms with Crippen LogP contribution in [0.15, 0.2) is 36.9 Å². The fraction of sp³-hybridized carbons (Fsp3) is 0.182. The lowest BCUT2D eigenvalue weighted by molar-refractivity contribution is -0.117. The Morgan fingerprint density at radius 2 is 2.00 bits per heavy atom. The maximum atomic E-state index is 11.9. The van der Waals surface area contributed by atoms with Crippen molar-refractivity contribution < 1.29 is 9.90 Å². The second-order valence-corrected chi connectivity index (χ2v) is 4.87. The summed E-state index contributed by atoms with van der Waals surface area (Å²) in [6.07, 6.45) is 2.94. The SMILES string of the molecule is O=C1CSC(c2ccccc2O)N1n1cnnc1. The Morgan fingerprint density at radius 1 is 1.28 bits per heavy atom. The van der Waals surface area contributed by atoms with E-state index in [4.69, 9.17) is 0 Å². The normalized spacial score (nSPS) is 19.4. The van der Waals surface area contributed by atoms with E-state index in [0.717, 1.165) is 0 Å². The van der Waals surface area contributed by atoms with Crippen molar-refractivity contribution in [3.05, 3.63) is 42.5 Å². The van der Waals surface area contributed by atoms with E-state index < -0.39 is 0 Å². The number of rotatable bonds is 2. The first-order valence-corrected chi connectivity index (χ1v) is 6.39. The molecule has 0 spiro atoms. The number of aromatic hydroxyl groups is 1. The first-order valence-electron chi connectivity index (χ1n) is 5.34. The molecule has 0 bridgehead atoms. The maximum Gasteiger partial charge on any atom is 0.252 e. The highest BCUT2D eigenvalue weighted by Crippen LogP contribution is 2.40. The van der Waals surface area contributed by atoms with Gasteiger partial charge in [0.05, 0.1) is 5.75 Å². The number of hydrogen-bond acceptors (Lipinski definition) is 5. The van der Waals surface area contributed by atoms with E-state index in [1.807, 2.05) is 12.1 Å². The fourth-order valence-corrected chi connectivity index (χ4v) is 3.07. The Balaban J connectivity index is 2.02. The zero-order chi connectivity index (χ0) is 12.5. The van der Waals surface area contributed by atoms with Crippen LogP contribution in [-0.4, -0.2) is 31.6 Å². The molecule has 0 saturated carbocycles. The number of thioether (sulfide) groups is 1. The van der Waals surface area contributed by atoms with Crippen LogP contribution in [0.3, 0.4) is 0 Å². The van der Waals surface area contributed by atoms with Gasteiger partial charge in [-0.2, -0.15) is 0 Å². The van der Waals surface area contributed by atoms with Gasteiger partial charge in [-0.1, -0.05) is 18.2 Å². The van der Waals surface area contributed by atoms with Crippen LogP contribution in [0, 0.1) is 0 Å². The Labute approximate surface area is 107 Å². The van der Waals surface area contributed by atoms with Crippen molar-refractivity contribution in [1.82, 2.24) is 14.9 Å². The van der Waals surface area contributed by atoms with Gasteiger partial charge in [0.15, 0.2) is 0 Å². The lowest BCUT2D eigenvalue weighted by Crippen LogP contribution is -2.37. The molecule has 1 aromatic carbocycles. The first-order chi connectivity index (χ1) is 8.77. The summed E-state index contributed by atoms with van der Waals surface area (Å²) in [6, 6.07) is 7.01. The van der Waals surface area contributed by atoms with Crippen LogP contribution in [0.4, 0.5) is 0 Å². The van der Waals surface area contributed by atoms with Crippen LogP contribution in [0.5, 0.6) is 5.75 Å². The van der Waals surface area contributed by atoms with Crippen LogP contribution >= 0.6 is 11.8 Å². The zero-order valence-electron chi connectivity index (χ0n) is 9.30. The quantitative estimate of drug-likeness (QED) is 0.870. The van der Waals surface area contributed by atoms with Crippen molar-refractivity contribution in [2.45, 2.75) is 5.37 Å². The zero-order valence-corrected chi connectivity index (χ0v) is 10.1. The third kappa shape index (κ3) is 1.72. The van der Waals surface area contributed by atoms with Crippen LogP contribution in [0.1, 0.15) is 10.9 Å². The second-order valence-electron chi connectivity index (χ2n) is 3.80. The lowest BCUT2D eigenvalue weighted by Gasteiger charge is -2.24. The number of hydrogen-bond donors (Lipinski definition) is 1. The summed E-state index contributed by atoms with van der Waals surface area (Å²) in [5.41, 5.74) is 0.710. The lowest BCUT2D eigenvalue weighted by atomic mass is 10.2. The Morgan fingerprint density at radius 3 is 2.72 bits per heavy atom. The van der Waals surface area contributed by atoms with Gasteiger partial charge in [-0.15, -0.1) is 22.0 Å². The maximum absolute atomic E-state index is 11.9. The highest BCUT2D eigenvalue weighted by molar-refractivity contribution is 8.00. The van der Waals surface area contributed by atoms with E-state index in [2.05, 4.69) is 10.2 Å². The number of carbonyl (C=O) groups excluding carboxylic acids is 1. The number of para-hydroxylation sites is 1. The molecule has 18 heavy (non-hydrogen) atoms. The molecule has 2 aromatic rings. The summed E-state index contributed by atoms with van der Waals surface area (Å²) in [4.78, 5) is 11.9. The van der Waals surface area contributed by atoms with Gasteiger partial charge in [0, 0.05) is 5.56 Å². The van der Waals surface area contributed by atoms with Gasteiger partial charge in [0.2, 0.25) is 0 Å². The fourth-order valence-electron chi connectivity index (χ4n) is 1.89. The number of carbonyl (C=O) groups is 1. The molecular formula is C11H10N4O2S. The van der Waals surface area contributed by atoms with Crippen LogP contribution in [0.25, 0.3) is 0 Å². The van der Waals surface area contributed by atoms with Gasteiger partial charge < -0.3 is 5.11 Å². The molecule has 1 aromatic heterocycles. The molecule has 1 unspecified atom stereocenters. The van der Waals surface area contributed by atoms with E-state index in [0.29, 0.717) is 11.3 Å². The van der Waals surface area contributed by atoms with Gasteiger partial charge >= 0.3 is 0 Å². The van der Waals surface area contributed by atoms with E-state index in [9.17, 15) is 9.90 Å². The summed E-state index contributed by atoms with van der Waals surface area (Å²) in [6.45, 7) is 0. The van der Waals surface area contributed by atoms with Crippen molar-refractivity contribution in [1.29, 1.82) is 0 Å². The largest absolute Gasteiger partial charge is 0.508 e. The summed E-state index contributed by atoms with van der Waals surface area (Å²) in [7, 11) is 0. The first kappa shape index (κ1) is 11.1. The van der Waals surface area contributed by atoms with Crippen molar-refractivity contribution in [2.24, 2.45) is 0 Å². The highest BCUT2D eigenvalue weighted by atomic mass is 32.2. The summed E-state index contributed by atoms with van der Waals surface area (Å²) in [5.74, 6) is 0.521. The molecule has 3 rings (SSSR count). The number of benzene rings is 1. The van der Waals surface area contributed by atoms with Crippen molar-refractivity contribution in [3.8, 4) is 5.75 Å². The molecule has 2 heterocycles. The molecule has 0 aliphatic carbocycles. The average molecular weight is 262 g/mol. The molecule has 1 atom stereocenters. The highest BCUT2D eigenvalue weighted by Gasteiger charge is 2.35. The molecule has 1 fully saturated rings. The standard InChI is InChI=1S/C11H10N4O2S/c16-9-4-2-1-3-8(9)11-15(10(17)5-18-11)14-6-12-13-7-14/h1-4,6-7,11,16H,5H2.